The average molecular weight is 545 g/mol. The van der Waals surface area contributed by atoms with Crippen molar-refractivity contribution >= 4 is 11.9 Å². The van der Waals surface area contributed by atoms with Gasteiger partial charge in [0.15, 0.2) is 5.60 Å². The largest absolute Gasteiger partial charge is 0.458 e. The summed E-state index contributed by atoms with van der Waals surface area (Å²) in [5, 5.41) is 41.6. The third-order valence-electron chi connectivity index (χ3n) is 9.32. The Kier molecular flexibility index (Phi) is 9.47. The fourth-order valence-electron chi connectivity index (χ4n) is 7.43. The van der Waals surface area contributed by atoms with Crippen LogP contribution in [0.3, 0.4) is 0 Å². The van der Waals surface area contributed by atoms with E-state index in [0.29, 0.717) is 25.9 Å². The highest BCUT2D eigenvalue weighted by atomic mass is 16.6. The molecule has 10 heteroatoms. The van der Waals surface area contributed by atoms with E-state index in [4.69, 9.17) is 9.47 Å². The van der Waals surface area contributed by atoms with Crippen LogP contribution in [0.5, 0.6) is 0 Å². The number of β-amino-alcohol motifs (C(OH)–C–C–N with tert-alkyl or cyclic N) is 2. The average Bonchev–Trinajstić information content (AvgIpc) is 2.74. The van der Waals surface area contributed by atoms with Gasteiger partial charge in [-0.1, -0.05) is 0 Å². The minimum atomic E-state index is -1.37. The summed E-state index contributed by atoms with van der Waals surface area (Å²) >= 11 is 0. The van der Waals surface area contributed by atoms with E-state index in [9.17, 15) is 30.0 Å². The maximum absolute atomic E-state index is 13.0. The molecule has 0 radical (unpaired) electrons. The molecule has 0 spiro atoms. The summed E-state index contributed by atoms with van der Waals surface area (Å²) in [7, 11) is 0. The summed E-state index contributed by atoms with van der Waals surface area (Å²) in [6.07, 6.45) is -1.56. The molecule has 0 aliphatic carbocycles. The number of piperidine rings is 2. The van der Waals surface area contributed by atoms with Crippen molar-refractivity contribution < 1.29 is 39.5 Å². The molecule has 0 aromatic heterocycles. The fraction of sp³-hybridized carbons (Fsp3) is 0.929. The van der Waals surface area contributed by atoms with Crippen molar-refractivity contribution in [3.8, 4) is 0 Å². The van der Waals surface area contributed by atoms with E-state index in [0.717, 1.165) is 0 Å². The number of aliphatic hydroxyl groups is 4. The van der Waals surface area contributed by atoms with Crippen molar-refractivity contribution in [3.05, 3.63) is 0 Å². The van der Waals surface area contributed by atoms with Crippen LogP contribution in [0.4, 0.5) is 0 Å². The molecule has 2 aliphatic rings. The van der Waals surface area contributed by atoms with Crippen LogP contribution in [-0.4, -0.2) is 114 Å². The smallest absolute Gasteiger partial charge is 0.307 e. The summed E-state index contributed by atoms with van der Waals surface area (Å²) < 4.78 is 11.7. The predicted molar refractivity (Wildman–Crippen MR) is 143 cm³/mol. The minimum Gasteiger partial charge on any atom is -0.458 e. The predicted octanol–water partition coefficient (Wildman–Crippen LogP) is 1.60. The number of aliphatic hydroxyl groups excluding tert-OH is 3. The van der Waals surface area contributed by atoms with E-state index >= 15 is 0 Å². The van der Waals surface area contributed by atoms with Crippen molar-refractivity contribution in [2.75, 3.05) is 26.3 Å². The molecule has 10 nitrogen and oxygen atoms in total. The molecule has 4 N–H and O–H groups in total. The molecule has 0 amide bonds. The number of likely N-dealkylation sites (tertiary alicyclic amines) is 2. The summed E-state index contributed by atoms with van der Waals surface area (Å²) in [4.78, 5) is 29.9. The lowest BCUT2D eigenvalue weighted by molar-refractivity contribution is -0.271. The van der Waals surface area contributed by atoms with Gasteiger partial charge in [0, 0.05) is 24.2 Å². The second-order valence-electron chi connectivity index (χ2n) is 13.7. The molecule has 0 bridgehead atoms. The Morgan fingerprint density at radius 2 is 1.32 bits per heavy atom. The second-order valence-corrected chi connectivity index (χ2v) is 13.7. The highest BCUT2D eigenvalue weighted by Crippen LogP contribution is 2.51. The van der Waals surface area contributed by atoms with Crippen LogP contribution in [0.2, 0.25) is 0 Å². The van der Waals surface area contributed by atoms with Crippen LogP contribution in [0, 0.1) is 0 Å². The number of hydrogen-bond donors (Lipinski definition) is 4. The molecule has 222 valence electrons. The maximum Gasteiger partial charge on any atom is 0.307 e. The van der Waals surface area contributed by atoms with Crippen LogP contribution < -0.4 is 0 Å². The molecular formula is C28H52N2O8. The van der Waals surface area contributed by atoms with Gasteiger partial charge in [0.05, 0.1) is 43.2 Å². The highest BCUT2D eigenvalue weighted by Gasteiger charge is 2.66. The molecule has 0 aromatic carbocycles. The number of ether oxygens (including phenoxy) is 2. The highest BCUT2D eigenvalue weighted by molar-refractivity contribution is 5.78. The zero-order valence-corrected chi connectivity index (χ0v) is 25.1. The normalized spacial score (nSPS) is 34.5. The summed E-state index contributed by atoms with van der Waals surface area (Å²) in [5.41, 5.74) is -5.16. The van der Waals surface area contributed by atoms with Gasteiger partial charge in [-0.3, -0.25) is 19.4 Å². The SMILES string of the molecule is CC1(C)CC(O)C(OC(=O)CCC(=O)OC2(C)C(C)(O)CC(C)(C)N(CCO)C2(C)C)C(C)(C)N1CCO. The van der Waals surface area contributed by atoms with Gasteiger partial charge >= 0.3 is 11.9 Å². The van der Waals surface area contributed by atoms with Crippen LogP contribution in [-0.2, 0) is 19.1 Å². The van der Waals surface area contributed by atoms with E-state index in [2.05, 4.69) is 0 Å². The molecular weight excluding hydrogens is 492 g/mol. The molecule has 2 aliphatic heterocycles. The van der Waals surface area contributed by atoms with Crippen LogP contribution in [0.25, 0.3) is 0 Å². The van der Waals surface area contributed by atoms with Crippen molar-refractivity contribution in [1.29, 1.82) is 0 Å². The Bertz CT molecular complexity index is 869. The van der Waals surface area contributed by atoms with Crippen molar-refractivity contribution in [2.24, 2.45) is 0 Å². The molecule has 2 rings (SSSR count). The van der Waals surface area contributed by atoms with Gasteiger partial charge in [0.1, 0.15) is 11.7 Å². The van der Waals surface area contributed by atoms with E-state index in [-0.39, 0.29) is 26.1 Å². The number of esters is 2. The maximum atomic E-state index is 13.0. The zero-order valence-electron chi connectivity index (χ0n) is 25.1. The van der Waals surface area contributed by atoms with Gasteiger partial charge in [-0.25, -0.2) is 0 Å². The minimum absolute atomic E-state index is 0.0682. The molecule has 2 fully saturated rings. The first-order valence-corrected chi connectivity index (χ1v) is 13.7. The Morgan fingerprint density at radius 1 is 0.816 bits per heavy atom. The molecule has 4 unspecified atom stereocenters. The Hall–Kier alpha value is -1.30. The first-order chi connectivity index (χ1) is 17.1. The fourth-order valence-corrected chi connectivity index (χ4v) is 7.43. The number of carbonyl (C=O) groups is 2. The number of nitrogens with zero attached hydrogens (tertiary/aromatic N) is 2. The van der Waals surface area contributed by atoms with Gasteiger partial charge in [-0.05, 0) is 82.1 Å². The molecule has 2 saturated heterocycles. The van der Waals surface area contributed by atoms with Gasteiger partial charge < -0.3 is 29.9 Å². The van der Waals surface area contributed by atoms with Gasteiger partial charge in [-0.15, -0.1) is 0 Å². The molecule has 0 saturated carbocycles. The second kappa shape index (κ2) is 10.9. The lowest BCUT2D eigenvalue weighted by Gasteiger charge is -2.65. The Labute approximate surface area is 228 Å². The van der Waals surface area contributed by atoms with Crippen molar-refractivity contribution in [3.63, 3.8) is 0 Å². The van der Waals surface area contributed by atoms with E-state index in [1.165, 1.54) is 0 Å². The van der Waals surface area contributed by atoms with Crippen LogP contribution in [0.15, 0.2) is 0 Å². The number of carbonyl (C=O) groups excluding carboxylic acids is 2. The third kappa shape index (κ3) is 5.90. The summed E-state index contributed by atoms with van der Waals surface area (Å²) in [5.74, 6) is -1.28. The van der Waals surface area contributed by atoms with Crippen LogP contribution in [0.1, 0.15) is 94.9 Å². The molecule has 0 aromatic rings. The monoisotopic (exact) mass is 544 g/mol. The Balaban J connectivity index is 2.13. The standard InChI is InChI=1S/C28H52N2O8/c1-23(2)17-19(33)22(25(5,6)29(23)13-15-31)37-20(34)11-12-21(35)38-28(10)26(7,8)30(14-16-32)24(3,4)18-27(28,9)36/h19,22,31-33,36H,11-18H2,1-10H3. The van der Waals surface area contributed by atoms with E-state index in [1.807, 2.05) is 65.2 Å². The van der Waals surface area contributed by atoms with Gasteiger partial charge in [0.25, 0.3) is 0 Å². The zero-order chi connectivity index (χ0) is 29.5. The van der Waals surface area contributed by atoms with E-state index < -0.39 is 57.5 Å². The quantitative estimate of drug-likeness (QED) is 0.317. The topological polar surface area (TPSA) is 140 Å². The summed E-state index contributed by atoms with van der Waals surface area (Å²) in [6.45, 7) is 19.3. The van der Waals surface area contributed by atoms with Crippen molar-refractivity contribution in [2.45, 2.75) is 140 Å². The molecule has 38 heavy (non-hydrogen) atoms. The first-order valence-electron chi connectivity index (χ1n) is 13.7. The Morgan fingerprint density at radius 3 is 1.84 bits per heavy atom. The lowest BCUT2D eigenvalue weighted by atomic mass is 9.61. The molecule has 4 atom stereocenters. The molecule has 2 heterocycles. The van der Waals surface area contributed by atoms with E-state index in [1.54, 1.807) is 13.8 Å². The lowest BCUT2D eigenvalue weighted by Crippen LogP contribution is -2.79. The van der Waals surface area contributed by atoms with Crippen molar-refractivity contribution in [1.82, 2.24) is 9.80 Å². The number of rotatable bonds is 9. The van der Waals surface area contributed by atoms with Gasteiger partial charge in [-0.2, -0.15) is 0 Å². The van der Waals surface area contributed by atoms with Gasteiger partial charge in [0.2, 0.25) is 0 Å². The van der Waals surface area contributed by atoms with Crippen LogP contribution >= 0.6 is 0 Å². The number of hydrogen-bond acceptors (Lipinski definition) is 10. The third-order valence-corrected chi connectivity index (χ3v) is 9.32. The summed E-state index contributed by atoms with van der Waals surface area (Å²) in [6, 6.07) is 0. The first kappa shape index (κ1) is 32.9.